The fraction of sp³-hybridized carbons (Fsp3) is 0.647. The minimum absolute atomic E-state index is 0.725. The van der Waals surface area contributed by atoms with E-state index in [0.717, 1.165) is 12.6 Å². The molecule has 1 aromatic carbocycles. The number of rotatable bonds is 3. The Morgan fingerprint density at radius 1 is 1.20 bits per heavy atom. The van der Waals surface area contributed by atoms with Gasteiger partial charge in [-0.1, -0.05) is 13.0 Å². The minimum Gasteiger partial charge on any atom is -0.385 e. The van der Waals surface area contributed by atoms with E-state index in [9.17, 15) is 0 Å². The van der Waals surface area contributed by atoms with E-state index in [1.54, 1.807) is 0 Å². The molecule has 2 aliphatic heterocycles. The highest BCUT2D eigenvalue weighted by Gasteiger charge is 2.23. The second kappa shape index (κ2) is 6.04. The van der Waals surface area contributed by atoms with Gasteiger partial charge in [0.15, 0.2) is 0 Å². The van der Waals surface area contributed by atoms with Crippen LogP contribution in [0.1, 0.15) is 32.3 Å². The number of piperazine rings is 1. The van der Waals surface area contributed by atoms with Crippen molar-refractivity contribution >= 4 is 11.4 Å². The first-order valence-electron chi connectivity index (χ1n) is 8.14. The van der Waals surface area contributed by atoms with E-state index in [1.807, 2.05) is 0 Å². The third-order valence-corrected chi connectivity index (χ3v) is 4.94. The number of hydrogen-bond acceptors (Lipinski definition) is 3. The quantitative estimate of drug-likeness (QED) is 0.913. The van der Waals surface area contributed by atoms with E-state index >= 15 is 0 Å². The molecule has 0 bridgehead atoms. The lowest BCUT2D eigenvalue weighted by Gasteiger charge is -2.40. The molecular formula is C17H27N3. The average molecular weight is 273 g/mol. The van der Waals surface area contributed by atoms with Crippen molar-refractivity contribution < 1.29 is 0 Å². The highest BCUT2D eigenvalue weighted by atomic mass is 15.3. The van der Waals surface area contributed by atoms with E-state index in [4.69, 9.17) is 0 Å². The summed E-state index contributed by atoms with van der Waals surface area (Å²) < 4.78 is 0. The average Bonchev–Trinajstić information content (AvgIpc) is 2.54. The lowest BCUT2D eigenvalue weighted by atomic mass is 10.00. The molecule has 1 aromatic rings. The van der Waals surface area contributed by atoms with Crippen LogP contribution in [0, 0.1) is 0 Å². The Labute approximate surface area is 123 Å². The maximum atomic E-state index is 3.54. The molecular weight excluding hydrogens is 246 g/mol. The normalized spacial score (nSPS) is 21.2. The van der Waals surface area contributed by atoms with Crippen LogP contribution in [-0.4, -0.2) is 43.7 Å². The fourth-order valence-electron chi connectivity index (χ4n) is 3.45. The summed E-state index contributed by atoms with van der Waals surface area (Å²) in [4.78, 5) is 5.22. The molecule has 3 heteroatoms. The Balaban J connectivity index is 1.72. The number of anilines is 2. The van der Waals surface area contributed by atoms with Crippen molar-refractivity contribution in [1.82, 2.24) is 4.90 Å². The van der Waals surface area contributed by atoms with Crippen LogP contribution in [-0.2, 0) is 6.42 Å². The maximum absolute atomic E-state index is 3.54. The Hall–Kier alpha value is -1.22. The molecule has 20 heavy (non-hydrogen) atoms. The van der Waals surface area contributed by atoms with Crippen molar-refractivity contribution in [3.05, 3.63) is 23.8 Å². The van der Waals surface area contributed by atoms with Gasteiger partial charge in [-0.05, 0) is 43.9 Å². The van der Waals surface area contributed by atoms with E-state index in [2.05, 4.69) is 47.2 Å². The minimum atomic E-state index is 0.725. The highest BCUT2D eigenvalue weighted by Crippen LogP contribution is 2.32. The third-order valence-electron chi connectivity index (χ3n) is 4.94. The van der Waals surface area contributed by atoms with Gasteiger partial charge in [-0.2, -0.15) is 0 Å². The predicted octanol–water partition coefficient (Wildman–Crippen LogP) is 2.97. The van der Waals surface area contributed by atoms with Gasteiger partial charge in [-0.3, -0.25) is 4.90 Å². The standard InChI is InChI=1S/C17H27N3/c1-3-14(2)19-10-12-20(13-11-19)17-8-4-7-16-15(17)6-5-9-18-16/h4,7-8,14,18H,3,5-6,9-13H2,1-2H3. The van der Waals surface area contributed by atoms with Crippen LogP contribution in [0.4, 0.5) is 11.4 Å². The van der Waals surface area contributed by atoms with Crippen molar-refractivity contribution in [3.63, 3.8) is 0 Å². The molecule has 0 aromatic heterocycles. The van der Waals surface area contributed by atoms with Gasteiger partial charge in [0.25, 0.3) is 0 Å². The van der Waals surface area contributed by atoms with Gasteiger partial charge < -0.3 is 10.2 Å². The number of fused-ring (bicyclic) bond motifs is 1. The summed E-state index contributed by atoms with van der Waals surface area (Å²) in [5.41, 5.74) is 4.37. The van der Waals surface area contributed by atoms with Crippen LogP contribution in [0.25, 0.3) is 0 Å². The van der Waals surface area contributed by atoms with Crippen LogP contribution in [0.3, 0.4) is 0 Å². The fourth-order valence-corrected chi connectivity index (χ4v) is 3.45. The Bertz CT molecular complexity index is 450. The van der Waals surface area contributed by atoms with Gasteiger partial charge in [0, 0.05) is 50.1 Å². The molecule has 110 valence electrons. The van der Waals surface area contributed by atoms with E-state index in [-0.39, 0.29) is 0 Å². The van der Waals surface area contributed by atoms with Gasteiger partial charge in [0.05, 0.1) is 0 Å². The topological polar surface area (TPSA) is 18.5 Å². The number of nitrogens with one attached hydrogen (secondary N) is 1. The van der Waals surface area contributed by atoms with Crippen LogP contribution in [0.5, 0.6) is 0 Å². The summed E-state index contributed by atoms with van der Waals surface area (Å²) in [7, 11) is 0. The number of benzene rings is 1. The molecule has 0 saturated carbocycles. The Morgan fingerprint density at radius 3 is 2.75 bits per heavy atom. The first-order valence-corrected chi connectivity index (χ1v) is 8.14. The molecule has 0 amide bonds. The molecule has 3 rings (SSSR count). The van der Waals surface area contributed by atoms with E-state index in [0.29, 0.717) is 0 Å². The Kier molecular flexibility index (Phi) is 4.16. The lowest BCUT2D eigenvalue weighted by molar-refractivity contribution is 0.192. The van der Waals surface area contributed by atoms with Crippen molar-refractivity contribution in [2.45, 2.75) is 39.2 Å². The molecule has 0 spiro atoms. The van der Waals surface area contributed by atoms with Gasteiger partial charge >= 0.3 is 0 Å². The second-order valence-electron chi connectivity index (χ2n) is 6.11. The summed E-state index contributed by atoms with van der Waals surface area (Å²) in [6.45, 7) is 10.5. The molecule has 2 heterocycles. The molecule has 1 saturated heterocycles. The van der Waals surface area contributed by atoms with Crippen molar-refractivity contribution in [3.8, 4) is 0 Å². The Morgan fingerprint density at radius 2 is 2.00 bits per heavy atom. The highest BCUT2D eigenvalue weighted by molar-refractivity contribution is 5.68. The van der Waals surface area contributed by atoms with Crippen molar-refractivity contribution in [2.24, 2.45) is 0 Å². The second-order valence-corrected chi connectivity index (χ2v) is 6.11. The molecule has 1 fully saturated rings. The van der Waals surface area contributed by atoms with Crippen LogP contribution in [0.15, 0.2) is 18.2 Å². The maximum Gasteiger partial charge on any atom is 0.0420 e. The van der Waals surface area contributed by atoms with Crippen LogP contribution >= 0.6 is 0 Å². The number of hydrogen-bond donors (Lipinski definition) is 1. The van der Waals surface area contributed by atoms with E-state index < -0.39 is 0 Å². The monoisotopic (exact) mass is 273 g/mol. The smallest absolute Gasteiger partial charge is 0.0420 e. The van der Waals surface area contributed by atoms with Gasteiger partial charge in [0.1, 0.15) is 0 Å². The largest absolute Gasteiger partial charge is 0.385 e. The van der Waals surface area contributed by atoms with E-state index in [1.165, 1.54) is 62.4 Å². The van der Waals surface area contributed by atoms with Gasteiger partial charge in [-0.25, -0.2) is 0 Å². The van der Waals surface area contributed by atoms with Crippen LogP contribution < -0.4 is 10.2 Å². The molecule has 1 N–H and O–H groups in total. The number of nitrogens with zero attached hydrogens (tertiary/aromatic N) is 2. The molecule has 2 aliphatic rings. The molecule has 0 radical (unpaired) electrons. The summed E-state index contributed by atoms with van der Waals surface area (Å²) >= 11 is 0. The van der Waals surface area contributed by atoms with Crippen molar-refractivity contribution in [1.29, 1.82) is 0 Å². The first kappa shape index (κ1) is 13.7. The lowest BCUT2D eigenvalue weighted by Crippen LogP contribution is -2.49. The van der Waals surface area contributed by atoms with Gasteiger partial charge in [0.2, 0.25) is 0 Å². The molecule has 1 atom stereocenters. The summed E-state index contributed by atoms with van der Waals surface area (Å²) in [6.07, 6.45) is 3.74. The zero-order valence-corrected chi connectivity index (χ0v) is 12.9. The first-order chi connectivity index (χ1) is 9.79. The zero-order chi connectivity index (χ0) is 13.9. The predicted molar refractivity (Wildman–Crippen MR) is 86.8 cm³/mol. The molecule has 0 aliphatic carbocycles. The SMILES string of the molecule is CCC(C)N1CCN(c2cccc3c2CCCN3)CC1. The summed E-state index contributed by atoms with van der Waals surface area (Å²) in [6, 6.07) is 7.47. The third kappa shape index (κ3) is 2.64. The molecule has 3 nitrogen and oxygen atoms in total. The zero-order valence-electron chi connectivity index (χ0n) is 12.9. The van der Waals surface area contributed by atoms with Crippen molar-refractivity contribution in [2.75, 3.05) is 42.9 Å². The van der Waals surface area contributed by atoms with Gasteiger partial charge in [-0.15, -0.1) is 0 Å². The molecule has 1 unspecified atom stereocenters. The summed E-state index contributed by atoms with van der Waals surface area (Å²) in [5.74, 6) is 0. The van der Waals surface area contributed by atoms with Crippen LogP contribution in [0.2, 0.25) is 0 Å². The summed E-state index contributed by atoms with van der Waals surface area (Å²) in [5, 5.41) is 3.54.